The Labute approximate surface area is 229 Å². The molecule has 0 bridgehead atoms. The second-order valence-electron chi connectivity index (χ2n) is 8.59. The van der Waals surface area contributed by atoms with Crippen LogP contribution in [0.3, 0.4) is 0 Å². The number of piperidine rings is 1. The topological polar surface area (TPSA) is 89.0 Å². The molecule has 2 heterocycles. The summed E-state index contributed by atoms with van der Waals surface area (Å²) >= 11 is 0. The van der Waals surface area contributed by atoms with Crippen LogP contribution in [0.4, 0.5) is 0 Å². The van der Waals surface area contributed by atoms with Crippen molar-refractivity contribution in [3.05, 3.63) is 59.9 Å². The number of methoxy groups -OCH3 is 3. The first kappa shape index (κ1) is 33.2. The number of aliphatic hydroxyl groups excluding tert-OH is 1. The lowest BCUT2D eigenvalue weighted by molar-refractivity contribution is 0.182. The van der Waals surface area contributed by atoms with Crippen molar-refractivity contribution >= 4 is 10.8 Å². The normalized spacial score (nSPS) is 13.3. The summed E-state index contributed by atoms with van der Waals surface area (Å²) in [6.45, 7) is 10.1. The van der Waals surface area contributed by atoms with Crippen molar-refractivity contribution in [2.75, 3.05) is 48.1 Å². The van der Waals surface area contributed by atoms with E-state index in [1.165, 1.54) is 31.5 Å². The number of hydrogen-bond donors (Lipinski definition) is 2. The van der Waals surface area contributed by atoms with Crippen molar-refractivity contribution in [1.82, 2.24) is 20.4 Å². The third-order valence-electron chi connectivity index (χ3n) is 5.99. The maximum atomic E-state index is 7.88. The van der Waals surface area contributed by atoms with E-state index in [1.54, 1.807) is 27.5 Å². The molecule has 0 spiro atoms. The standard InChI is InChI=1S/C14H22N2O.C11H12N2O2.C3H8O.C2H6/c1-15-13-6-8-16(9-7-13)11-12-4-3-5-14(10-12)17-2;1-14-7-11-10-4-3-9(15-2)5-8(10)6-12-13-11;1-2-3-4;1-2/h3-5,10,13,15H,6-9,11H2,1-2H3;3-6H,7H2,1-2H3;4H,2-3H2,1H3;1-2H3. The highest BCUT2D eigenvalue weighted by Crippen LogP contribution is 2.22. The molecule has 1 saturated heterocycles. The minimum atomic E-state index is 0.319. The van der Waals surface area contributed by atoms with Gasteiger partial charge in [-0.3, -0.25) is 4.90 Å². The molecule has 0 radical (unpaired) electrons. The van der Waals surface area contributed by atoms with E-state index in [1.807, 2.05) is 45.0 Å². The highest BCUT2D eigenvalue weighted by atomic mass is 16.5. The number of ether oxygens (including phenoxy) is 3. The van der Waals surface area contributed by atoms with E-state index in [0.29, 0.717) is 19.3 Å². The summed E-state index contributed by atoms with van der Waals surface area (Å²) in [4.78, 5) is 2.52. The fraction of sp³-hybridized carbons (Fsp3) is 0.533. The van der Waals surface area contributed by atoms with E-state index in [4.69, 9.17) is 19.3 Å². The number of hydrogen-bond acceptors (Lipinski definition) is 8. The summed E-state index contributed by atoms with van der Waals surface area (Å²) in [6.07, 6.45) is 5.10. The molecule has 2 aromatic carbocycles. The maximum Gasteiger partial charge on any atom is 0.119 e. The van der Waals surface area contributed by atoms with Crippen LogP contribution in [-0.4, -0.2) is 74.3 Å². The van der Waals surface area contributed by atoms with E-state index in [9.17, 15) is 0 Å². The highest BCUT2D eigenvalue weighted by molar-refractivity contribution is 5.84. The molecule has 0 unspecified atom stereocenters. The van der Waals surface area contributed by atoms with Gasteiger partial charge in [-0.2, -0.15) is 10.2 Å². The van der Waals surface area contributed by atoms with Crippen LogP contribution in [0.25, 0.3) is 10.8 Å². The summed E-state index contributed by atoms with van der Waals surface area (Å²) in [7, 11) is 7.07. The first-order chi connectivity index (χ1) is 18.6. The van der Waals surface area contributed by atoms with Gasteiger partial charge in [-0.25, -0.2) is 0 Å². The third-order valence-corrected chi connectivity index (χ3v) is 5.99. The summed E-state index contributed by atoms with van der Waals surface area (Å²) in [5.41, 5.74) is 2.19. The molecule has 38 heavy (non-hydrogen) atoms. The number of rotatable bonds is 8. The molecule has 4 rings (SSSR count). The molecule has 0 aliphatic carbocycles. The van der Waals surface area contributed by atoms with Crippen LogP contribution in [0, 0.1) is 0 Å². The molecular weight excluding hydrogens is 480 g/mol. The Hall–Kier alpha value is -2.78. The van der Waals surface area contributed by atoms with Crippen LogP contribution < -0.4 is 14.8 Å². The molecule has 8 nitrogen and oxygen atoms in total. The molecule has 1 aromatic heterocycles. The molecule has 3 aromatic rings. The van der Waals surface area contributed by atoms with E-state index >= 15 is 0 Å². The molecule has 1 fully saturated rings. The molecule has 0 saturated carbocycles. The monoisotopic (exact) mass is 528 g/mol. The van der Waals surface area contributed by atoms with Crippen molar-refractivity contribution in [2.45, 2.75) is 59.2 Å². The lowest BCUT2D eigenvalue weighted by atomic mass is 10.0. The third kappa shape index (κ3) is 11.7. The largest absolute Gasteiger partial charge is 0.497 e. The minimum absolute atomic E-state index is 0.319. The summed E-state index contributed by atoms with van der Waals surface area (Å²) in [6, 6.07) is 14.9. The molecule has 1 aliphatic rings. The zero-order valence-electron chi connectivity index (χ0n) is 24.4. The number of likely N-dealkylation sites (tertiary alicyclic amines) is 1. The lowest BCUT2D eigenvalue weighted by Gasteiger charge is -2.31. The molecule has 2 N–H and O–H groups in total. The Bertz CT molecular complexity index is 1010. The number of aliphatic hydroxyl groups is 1. The Balaban J connectivity index is 0.000000317. The van der Waals surface area contributed by atoms with Gasteiger partial charge in [0.25, 0.3) is 0 Å². The predicted octanol–water partition coefficient (Wildman–Crippen LogP) is 5.08. The number of nitrogens with zero attached hydrogens (tertiary/aromatic N) is 3. The molecule has 0 amide bonds. The SMILES string of the molecule is CC.CCCO.CNC1CCN(Cc2cccc(OC)c2)CC1.COCc1nncc2cc(OC)ccc12. The van der Waals surface area contributed by atoms with Crippen LogP contribution in [0.1, 0.15) is 51.3 Å². The fourth-order valence-electron chi connectivity index (χ4n) is 3.90. The van der Waals surface area contributed by atoms with Gasteiger partial charge in [0.1, 0.15) is 11.5 Å². The van der Waals surface area contributed by atoms with Crippen molar-refractivity contribution in [2.24, 2.45) is 0 Å². The van der Waals surface area contributed by atoms with Gasteiger partial charge in [-0.15, -0.1) is 0 Å². The zero-order valence-corrected chi connectivity index (χ0v) is 24.4. The van der Waals surface area contributed by atoms with Gasteiger partial charge in [0.05, 0.1) is 32.7 Å². The summed E-state index contributed by atoms with van der Waals surface area (Å²) < 4.78 is 15.5. The van der Waals surface area contributed by atoms with Gasteiger partial charge < -0.3 is 24.6 Å². The summed E-state index contributed by atoms with van der Waals surface area (Å²) in [5, 5.41) is 21.3. The Morgan fingerprint density at radius 3 is 2.24 bits per heavy atom. The van der Waals surface area contributed by atoms with Crippen LogP contribution in [-0.2, 0) is 17.9 Å². The van der Waals surface area contributed by atoms with Gasteiger partial charge in [0, 0.05) is 37.1 Å². The molecule has 1 aliphatic heterocycles. The molecular formula is C30H48N4O4. The van der Waals surface area contributed by atoms with E-state index in [2.05, 4.69) is 45.7 Å². The quantitative estimate of drug-likeness (QED) is 0.419. The van der Waals surface area contributed by atoms with Crippen molar-refractivity contribution in [3.63, 3.8) is 0 Å². The number of aromatic nitrogens is 2. The number of nitrogens with one attached hydrogen (secondary N) is 1. The van der Waals surface area contributed by atoms with E-state index in [0.717, 1.165) is 40.9 Å². The van der Waals surface area contributed by atoms with Crippen LogP contribution >= 0.6 is 0 Å². The van der Waals surface area contributed by atoms with Crippen LogP contribution in [0.5, 0.6) is 11.5 Å². The second kappa shape index (κ2) is 20.2. The Kier molecular flexibility index (Phi) is 17.7. The average molecular weight is 529 g/mol. The summed E-state index contributed by atoms with van der Waals surface area (Å²) in [5.74, 6) is 1.77. The van der Waals surface area contributed by atoms with Gasteiger partial charge in [-0.1, -0.05) is 32.9 Å². The predicted molar refractivity (Wildman–Crippen MR) is 156 cm³/mol. The van der Waals surface area contributed by atoms with Crippen LogP contribution in [0.15, 0.2) is 48.7 Å². The Morgan fingerprint density at radius 2 is 1.66 bits per heavy atom. The fourth-order valence-corrected chi connectivity index (χ4v) is 3.90. The number of benzene rings is 2. The highest BCUT2D eigenvalue weighted by Gasteiger charge is 2.17. The maximum absolute atomic E-state index is 7.88. The van der Waals surface area contributed by atoms with Crippen molar-refractivity contribution in [3.8, 4) is 11.5 Å². The van der Waals surface area contributed by atoms with Crippen molar-refractivity contribution < 1.29 is 19.3 Å². The molecule has 8 heteroatoms. The van der Waals surface area contributed by atoms with Gasteiger partial charge in [-0.05, 0) is 75.3 Å². The molecule has 0 atom stereocenters. The van der Waals surface area contributed by atoms with Crippen LogP contribution in [0.2, 0.25) is 0 Å². The first-order valence-corrected chi connectivity index (χ1v) is 13.5. The smallest absolute Gasteiger partial charge is 0.119 e. The zero-order chi connectivity index (χ0) is 28.2. The van der Waals surface area contributed by atoms with Crippen molar-refractivity contribution in [1.29, 1.82) is 0 Å². The van der Waals surface area contributed by atoms with E-state index in [-0.39, 0.29) is 0 Å². The van der Waals surface area contributed by atoms with Gasteiger partial charge in [0.2, 0.25) is 0 Å². The minimum Gasteiger partial charge on any atom is -0.497 e. The lowest BCUT2D eigenvalue weighted by Crippen LogP contribution is -2.40. The van der Waals surface area contributed by atoms with Gasteiger partial charge >= 0.3 is 0 Å². The molecule has 212 valence electrons. The van der Waals surface area contributed by atoms with Gasteiger partial charge in [0.15, 0.2) is 0 Å². The average Bonchev–Trinajstić information content (AvgIpc) is 2.99. The first-order valence-electron chi connectivity index (χ1n) is 13.5. The number of fused-ring (bicyclic) bond motifs is 1. The Morgan fingerprint density at radius 1 is 1.00 bits per heavy atom. The second-order valence-corrected chi connectivity index (χ2v) is 8.59. The van der Waals surface area contributed by atoms with E-state index < -0.39 is 0 Å².